The molecule has 0 saturated carbocycles. The van der Waals surface area contributed by atoms with Crippen LogP contribution in [0, 0.1) is 6.92 Å². The highest BCUT2D eigenvalue weighted by atomic mass is 16.5. The summed E-state index contributed by atoms with van der Waals surface area (Å²) in [5, 5.41) is 49.6. The Hall–Kier alpha value is -1.83. The molecule has 154 valence electrons. The van der Waals surface area contributed by atoms with Crippen LogP contribution in [-0.4, -0.2) is 72.2 Å². The van der Waals surface area contributed by atoms with Crippen molar-refractivity contribution in [3.05, 3.63) is 63.7 Å². The zero-order valence-electron chi connectivity index (χ0n) is 16.7. The number of benzene rings is 2. The van der Waals surface area contributed by atoms with E-state index in [0.29, 0.717) is 12.8 Å². The van der Waals surface area contributed by atoms with E-state index in [1.165, 1.54) is 0 Å². The lowest BCUT2D eigenvalue weighted by molar-refractivity contribution is -0.232. The minimum atomic E-state index is -1.51. The van der Waals surface area contributed by atoms with Gasteiger partial charge in [-0.05, 0) is 54.2 Å². The lowest BCUT2D eigenvalue weighted by Gasteiger charge is -2.40. The molecule has 4 radical (unpaired) electrons. The molecule has 2 aliphatic rings. The minimum Gasteiger partial charge on any atom is -0.508 e. The molecule has 2 aromatic rings. The third-order valence-electron chi connectivity index (χ3n) is 6.24. The normalized spacial score (nSPS) is 29.8. The van der Waals surface area contributed by atoms with Crippen LogP contribution in [0.3, 0.4) is 0 Å². The summed E-state index contributed by atoms with van der Waals surface area (Å²) in [4.78, 5) is 0. The Bertz CT molecular complexity index is 961. The first kappa shape index (κ1) is 21.4. The second kappa shape index (κ2) is 7.70. The Morgan fingerprint density at radius 3 is 2.47 bits per heavy atom. The molecular weight excluding hydrogens is 382 g/mol. The standard InChI is InChI=1S/C22H24B2O6/c1-10-4-16(26)14(21-20(29)19(28)18(27)17(9-25)30-21)7-13(10)5-11-2-3-12-8-22(23,24)15(12)6-11/h2-4,6-7,17-21,25-29H,5,8-9H2,1H3/t17-,18-,19+,20-,21+/m1/s1. The monoisotopic (exact) mass is 406 g/mol. The number of aliphatic hydroxyl groups is 4. The quantitative estimate of drug-likeness (QED) is 0.452. The van der Waals surface area contributed by atoms with E-state index in [2.05, 4.69) is 0 Å². The molecule has 6 nitrogen and oxygen atoms in total. The van der Waals surface area contributed by atoms with Crippen molar-refractivity contribution in [2.24, 2.45) is 0 Å². The maximum Gasteiger partial charge on any atom is 0.121 e. The van der Waals surface area contributed by atoms with Crippen LogP contribution in [0.1, 0.15) is 39.5 Å². The van der Waals surface area contributed by atoms with Gasteiger partial charge in [0.15, 0.2) is 0 Å². The second-order valence-corrected chi connectivity index (χ2v) is 8.47. The molecule has 1 aliphatic carbocycles. The van der Waals surface area contributed by atoms with Crippen molar-refractivity contribution in [1.29, 1.82) is 0 Å². The number of rotatable bonds is 4. The second-order valence-electron chi connectivity index (χ2n) is 8.47. The van der Waals surface area contributed by atoms with Crippen molar-refractivity contribution in [3.8, 4) is 5.75 Å². The molecule has 0 spiro atoms. The van der Waals surface area contributed by atoms with E-state index in [4.69, 9.17) is 20.4 Å². The molecule has 4 rings (SSSR count). The highest BCUT2D eigenvalue weighted by molar-refractivity contribution is 6.41. The van der Waals surface area contributed by atoms with Crippen molar-refractivity contribution in [1.82, 2.24) is 0 Å². The van der Waals surface area contributed by atoms with E-state index in [9.17, 15) is 25.5 Å². The average Bonchev–Trinajstić information content (AvgIpc) is 2.69. The summed E-state index contributed by atoms with van der Waals surface area (Å²) in [5.41, 5.74) is 5.07. The Labute approximate surface area is 178 Å². The fourth-order valence-electron chi connectivity index (χ4n) is 4.38. The third-order valence-corrected chi connectivity index (χ3v) is 6.24. The number of aliphatic hydroxyl groups excluding tert-OH is 4. The number of phenols is 1. The number of fused-ring (bicyclic) bond motifs is 1. The third kappa shape index (κ3) is 3.57. The van der Waals surface area contributed by atoms with E-state index >= 15 is 0 Å². The van der Waals surface area contributed by atoms with Crippen molar-refractivity contribution in [2.45, 2.75) is 55.5 Å². The van der Waals surface area contributed by atoms with Crippen LogP contribution in [0.15, 0.2) is 30.3 Å². The highest BCUT2D eigenvalue weighted by Crippen LogP contribution is 2.39. The lowest BCUT2D eigenvalue weighted by Crippen LogP contribution is -2.55. The lowest BCUT2D eigenvalue weighted by atomic mass is 9.42. The van der Waals surface area contributed by atoms with Crippen LogP contribution < -0.4 is 0 Å². The van der Waals surface area contributed by atoms with E-state index in [0.717, 1.165) is 27.8 Å². The first-order valence-electron chi connectivity index (χ1n) is 9.95. The first-order chi connectivity index (χ1) is 14.1. The molecule has 0 unspecified atom stereocenters. The van der Waals surface area contributed by atoms with Crippen LogP contribution in [0.25, 0.3) is 0 Å². The number of ether oxygens (including phenoxy) is 1. The van der Waals surface area contributed by atoms with Crippen LogP contribution in [0.2, 0.25) is 0 Å². The summed E-state index contributed by atoms with van der Waals surface area (Å²) < 4.78 is 5.61. The Morgan fingerprint density at radius 1 is 1.07 bits per heavy atom. The molecule has 5 atom stereocenters. The molecule has 1 heterocycles. The number of aryl methyl sites for hydroxylation is 1. The summed E-state index contributed by atoms with van der Waals surface area (Å²) in [6.07, 6.45) is -5.40. The Kier molecular flexibility index (Phi) is 5.49. The molecule has 0 aromatic heterocycles. The topological polar surface area (TPSA) is 110 Å². The zero-order chi connectivity index (χ0) is 21.8. The largest absolute Gasteiger partial charge is 0.508 e. The Morgan fingerprint density at radius 2 is 1.80 bits per heavy atom. The van der Waals surface area contributed by atoms with Gasteiger partial charge >= 0.3 is 0 Å². The molecule has 8 heteroatoms. The van der Waals surface area contributed by atoms with Gasteiger partial charge in [-0.2, -0.15) is 0 Å². The van der Waals surface area contributed by atoms with Gasteiger partial charge in [-0.25, -0.2) is 0 Å². The van der Waals surface area contributed by atoms with E-state index in [1.54, 1.807) is 12.1 Å². The molecule has 5 N–H and O–H groups in total. The van der Waals surface area contributed by atoms with Crippen LogP contribution in [0.4, 0.5) is 0 Å². The molecule has 1 saturated heterocycles. The summed E-state index contributed by atoms with van der Waals surface area (Å²) in [6, 6.07) is 9.29. The van der Waals surface area contributed by atoms with Gasteiger partial charge < -0.3 is 30.3 Å². The predicted molar refractivity (Wildman–Crippen MR) is 112 cm³/mol. The summed E-state index contributed by atoms with van der Waals surface area (Å²) in [7, 11) is 12.1. The van der Waals surface area contributed by atoms with Crippen molar-refractivity contribution >= 4 is 15.7 Å². The maximum absolute atomic E-state index is 10.5. The predicted octanol–water partition coefficient (Wildman–Crippen LogP) is -0.148. The van der Waals surface area contributed by atoms with Gasteiger partial charge in [0.2, 0.25) is 0 Å². The van der Waals surface area contributed by atoms with Gasteiger partial charge in [0, 0.05) is 5.56 Å². The molecule has 0 bridgehead atoms. The number of aromatic hydroxyl groups is 1. The number of hydrogen-bond acceptors (Lipinski definition) is 6. The highest BCUT2D eigenvalue weighted by Gasteiger charge is 2.44. The summed E-state index contributed by atoms with van der Waals surface area (Å²) >= 11 is 0. The molecule has 2 aromatic carbocycles. The van der Waals surface area contributed by atoms with E-state index in [-0.39, 0.29) is 11.3 Å². The number of hydrogen-bond donors (Lipinski definition) is 5. The van der Waals surface area contributed by atoms with Crippen molar-refractivity contribution < 1.29 is 30.3 Å². The number of phenolic OH excluding ortho intramolecular Hbond substituents is 1. The van der Waals surface area contributed by atoms with Crippen molar-refractivity contribution in [2.75, 3.05) is 6.61 Å². The first-order valence-corrected chi connectivity index (χ1v) is 9.95. The van der Waals surface area contributed by atoms with Crippen LogP contribution in [0.5, 0.6) is 5.75 Å². The molecule has 0 amide bonds. The minimum absolute atomic E-state index is 0.0966. The zero-order valence-corrected chi connectivity index (χ0v) is 16.7. The van der Waals surface area contributed by atoms with Gasteiger partial charge in [0.25, 0.3) is 0 Å². The average molecular weight is 406 g/mol. The fraction of sp³-hybridized carbons (Fsp3) is 0.455. The smallest absolute Gasteiger partial charge is 0.121 e. The van der Waals surface area contributed by atoms with Crippen molar-refractivity contribution in [3.63, 3.8) is 0 Å². The summed E-state index contributed by atoms with van der Waals surface area (Å²) in [5.74, 6) is -0.0966. The Balaban J connectivity index is 1.66. The van der Waals surface area contributed by atoms with Gasteiger partial charge in [-0.1, -0.05) is 29.0 Å². The SMILES string of the molecule is [B]C1([B])Cc2ccc(Cc3cc([C@@H]4O[C@H](CO)[C@@H](O)[C@H](O)[C@H]4O)c(O)cc3C)cc21. The molecule has 30 heavy (non-hydrogen) atoms. The maximum atomic E-state index is 10.5. The van der Waals surface area contributed by atoms with E-state index in [1.807, 2.05) is 25.1 Å². The van der Waals surface area contributed by atoms with Gasteiger partial charge in [-0.15, -0.1) is 0 Å². The van der Waals surface area contributed by atoms with Gasteiger partial charge in [-0.3, -0.25) is 0 Å². The fourth-order valence-corrected chi connectivity index (χ4v) is 4.38. The van der Waals surface area contributed by atoms with E-state index < -0.39 is 42.3 Å². The van der Waals surface area contributed by atoms with Crippen LogP contribution >= 0.6 is 0 Å². The molecule has 1 fully saturated rings. The molecule has 1 aliphatic heterocycles. The van der Waals surface area contributed by atoms with Gasteiger partial charge in [0.1, 0.15) is 36.3 Å². The summed E-state index contributed by atoms with van der Waals surface area (Å²) in [6.45, 7) is 1.33. The van der Waals surface area contributed by atoms with Crippen LogP contribution in [-0.2, 0) is 22.8 Å². The molecular formula is C22H24B2O6. The van der Waals surface area contributed by atoms with Gasteiger partial charge in [0.05, 0.1) is 22.3 Å².